The van der Waals surface area contributed by atoms with Gasteiger partial charge < -0.3 is 10.1 Å². The maximum Gasteiger partial charge on any atom is 0.119 e. The summed E-state index contributed by atoms with van der Waals surface area (Å²) < 4.78 is 6.03. The molecule has 2 nitrogen and oxygen atoms in total. The summed E-state index contributed by atoms with van der Waals surface area (Å²) in [5, 5.41) is 3.84. The molecule has 28 heavy (non-hydrogen) atoms. The van der Waals surface area contributed by atoms with E-state index < -0.39 is 0 Å². The SMILES string of the molecule is CC(C)CCOc1ccc2c(c1)C1C=CCC1C(c1ccc(C(C)C)cc1)N2. The van der Waals surface area contributed by atoms with E-state index in [0.717, 1.165) is 25.2 Å². The van der Waals surface area contributed by atoms with E-state index in [1.807, 2.05) is 0 Å². The highest BCUT2D eigenvalue weighted by atomic mass is 16.5. The van der Waals surface area contributed by atoms with E-state index in [0.29, 0.717) is 29.7 Å². The molecular weight excluding hydrogens is 342 g/mol. The van der Waals surface area contributed by atoms with Gasteiger partial charge >= 0.3 is 0 Å². The molecule has 0 fully saturated rings. The summed E-state index contributed by atoms with van der Waals surface area (Å²) in [4.78, 5) is 0. The maximum absolute atomic E-state index is 6.03. The lowest BCUT2D eigenvalue weighted by Gasteiger charge is -2.37. The van der Waals surface area contributed by atoms with E-state index in [9.17, 15) is 0 Å². The minimum absolute atomic E-state index is 0.362. The van der Waals surface area contributed by atoms with Crippen LogP contribution in [-0.2, 0) is 0 Å². The lowest BCUT2D eigenvalue weighted by Crippen LogP contribution is -2.29. The average molecular weight is 376 g/mol. The van der Waals surface area contributed by atoms with Crippen LogP contribution in [0.2, 0.25) is 0 Å². The maximum atomic E-state index is 6.03. The molecule has 2 aliphatic rings. The molecular formula is C26H33NO. The van der Waals surface area contributed by atoms with Crippen LogP contribution in [0.15, 0.2) is 54.6 Å². The first-order valence-electron chi connectivity index (χ1n) is 10.8. The summed E-state index contributed by atoms with van der Waals surface area (Å²) in [7, 11) is 0. The molecule has 2 heteroatoms. The van der Waals surface area contributed by atoms with Gasteiger partial charge in [0.25, 0.3) is 0 Å². The van der Waals surface area contributed by atoms with Crippen molar-refractivity contribution in [3.63, 3.8) is 0 Å². The van der Waals surface area contributed by atoms with Crippen LogP contribution in [0, 0.1) is 11.8 Å². The number of allylic oxidation sites excluding steroid dienone is 2. The number of rotatable bonds is 6. The second kappa shape index (κ2) is 8.03. The molecule has 3 unspecified atom stereocenters. The number of hydrogen-bond acceptors (Lipinski definition) is 2. The van der Waals surface area contributed by atoms with Gasteiger partial charge in [0, 0.05) is 11.6 Å². The van der Waals surface area contributed by atoms with Crippen LogP contribution in [0.3, 0.4) is 0 Å². The van der Waals surface area contributed by atoms with Crippen LogP contribution in [0.5, 0.6) is 5.75 Å². The average Bonchev–Trinajstić information content (AvgIpc) is 3.17. The Kier molecular flexibility index (Phi) is 5.48. The topological polar surface area (TPSA) is 21.3 Å². The van der Waals surface area contributed by atoms with Gasteiger partial charge in [-0.3, -0.25) is 0 Å². The largest absolute Gasteiger partial charge is 0.494 e. The molecule has 1 aliphatic heterocycles. The van der Waals surface area contributed by atoms with Gasteiger partial charge in [0.1, 0.15) is 5.75 Å². The number of fused-ring (bicyclic) bond motifs is 3. The Bertz CT molecular complexity index is 834. The molecule has 4 rings (SSSR count). The summed E-state index contributed by atoms with van der Waals surface area (Å²) in [6.45, 7) is 9.77. The van der Waals surface area contributed by atoms with E-state index >= 15 is 0 Å². The highest BCUT2D eigenvalue weighted by molar-refractivity contribution is 5.61. The van der Waals surface area contributed by atoms with E-state index in [1.165, 1.54) is 22.4 Å². The second-order valence-corrected chi connectivity index (χ2v) is 9.08. The monoisotopic (exact) mass is 375 g/mol. The van der Waals surface area contributed by atoms with Gasteiger partial charge in [0.05, 0.1) is 12.6 Å². The third kappa shape index (κ3) is 3.83. The van der Waals surface area contributed by atoms with Gasteiger partial charge in [-0.25, -0.2) is 0 Å². The third-order valence-corrected chi connectivity index (χ3v) is 6.26. The van der Waals surface area contributed by atoms with Crippen LogP contribution >= 0.6 is 0 Å². The minimum atomic E-state index is 0.362. The fourth-order valence-electron chi connectivity index (χ4n) is 4.49. The van der Waals surface area contributed by atoms with Crippen molar-refractivity contribution in [2.24, 2.45) is 11.8 Å². The fourth-order valence-corrected chi connectivity index (χ4v) is 4.49. The summed E-state index contributed by atoms with van der Waals surface area (Å²) in [5.41, 5.74) is 5.44. The van der Waals surface area contributed by atoms with Gasteiger partial charge in [0.15, 0.2) is 0 Å². The quantitative estimate of drug-likeness (QED) is 0.546. The van der Waals surface area contributed by atoms with Crippen molar-refractivity contribution >= 4 is 5.69 Å². The Morgan fingerprint density at radius 3 is 2.54 bits per heavy atom. The zero-order valence-electron chi connectivity index (χ0n) is 17.6. The predicted octanol–water partition coefficient (Wildman–Crippen LogP) is 7.06. The Balaban J connectivity index is 1.57. The first-order chi connectivity index (χ1) is 13.5. The summed E-state index contributed by atoms with van der Waals surface area (Å²) >= 11 is 0. The van der Waals surface area contributed by atoms with Crippen LogP contribution in [0.1, 0.15) is 75.1 Å². The molecule has 3 atom stereocenters. The van der Waals surface area contributed by atoms with Crippen LogP contribution in [0.25, 0.3) is 0 Å². The summed E-state index contributed by atoms with van der Waals surface area (Å²) in [6, 6.07) is 16.2. The summed E-state index contributed by atoms with van der Waals surface area (Å²) in [6.07, 6.45) is 6.98. The van der Waals surface area contributed by atoms with E-state index in [1.54, 1.807) is 0 Å². The smallest absolute Gasteiger partial charge is 0.119 e. The van der Waals surface area contributed by atoms with E-state index in [-0.39, 0.29) is 0 Å². The number of hydrogen-bond donors (Lipinski definition) is 1. The Hall–Kier alpha value is -2.22. The molecule has 0 spiro atoms. The molecule has 148 valence electrons. The molecule has 2 aromatic carbocycles. The van der Waals surface area contributed by atoms with Gasteiger partial charge in [0.2, 0.25) is 0 Å². The first-order valence-corrected chi connectivity index (χ1v) is 10.8. The van der Waals surface area contributed by atoms with Crippen molar-refractivity contribution in [1.29, 1.82) is 0 Å². The number of nitrogens with one attached hydrogen (secondary N) is 1. The molecule has 1 heterocycles. The Labute approximate surface area is 170 Å². The minimum Gasteiger partial charge on any atom is -0.494 e. The van der Waals surface area contributed by atoms with Crippen molar-refractivity contribution in [3.8, 4) is 5.75 Å². The van der Waals surface area contributed by atoms with Gasteiger partial charge in [-0.05, 0) is 65.5 Å². The zero-order chi connectivity index (χ0) is 19.7. The molecule has 2 aromatic rings. The predicted molar refractivity (Wildman–Crippen MR) is 118 cm³/mol. The Morgan fingerprint density at radius 2 is 1.82 bits per heavy atom. The van der Waals surface area contributed by atoms with Gasteiger partial charge in [-0.2, -0.15) is 0 Å². The number of anilines is 1. The van der Waals surface area contributed by atoms with Crippen molar-refractivity contribution in [2.45, 2.75) is 58.4 Å². The van der Waals surface area contributed by atoms with Gasteiger partial charge in [-0.1, -0.05) is 64.1 Å². The normalized spacial score (nSPS) is 22.9. The zero-order valence-corrected chi connectivity index (χ0v) is 17.6. The molecule has 1 N–H and O–H groups in total. The lowest BCUT2D eigenvalue weighted by molar-refractivity contribution is 0.289. The molecule has 0 saturated carbocycles. The number of benzene rings is 2. The standard InChI is InChI=1S/C26H33NO/c1-17(2)14-15-28-21-12-13-25-24(16-21)22-6-5-7-23(22)26(27-25)20-10-8-19(9-11-20)18(3)4/h5-6,8-13,16-18,22-23,26-27H,7,14-15H2,1-4H3. The fraction of sp³-hybridized carbons (Fsp3) is 0.462. The molecule has 0 bridgehead atoms. The van der Waals surface area contributed by atoms with Crippen molar-refractivity contribution in [1.82, 2.24) is 0 Å². The Morgan fingerprint density at radius 1 is 1.04 bits per heavy atom. The third-order valence-electron chi connectivity index (χ3n) is 6.26. The van der Waals surface area contributed by atoms with Crippen molar-refractivity contribution in [2.75, 3.05) is 11.9 Å². The van der Waals surface area contributed by atoms with Gasteiger partial charge in [-0.15, -0.1) is 0 Å². The second-order valence-electron chi connectivity index (χ2n) is 9.08. The van der Waals surface area contributed by atoms with Crippen molar-refractivity contribution < 1.29 is 4.74 Å². The van der Waals surface area contributed by atoms with Crippen LogP contribution in [-0.4, -0.2) is 6.61 Å². The van der Waals surface area contributed by atoms with Crippen LogP contribution < -0.4 is 10.1 Å². The number of ether oxygens (including phenoxy) is 1. The highest BCUT2D eigenvalue weighted by Crippen LogP contribution is 2.50. The summed E-state index contributed by atoms with van der Waals surface area (Å²) in [5.74, 6) is 3.29. The van der Waals surface area contributed by atoms with Crippen LogP contribution in [0.4, 0.5) is 5.69 Å². The lowest BCUT2D eigenvalue weighted by atomic mass is 9.77. The molecule has 1 aliphatic carbocycles. The van der Waals surface area contributed by atoms with E-state index in [2.05, 4.69) is 87.6 Å². The van der Waals surface area contributed by atoms with E-state index in [4.69, 9.17) is 4.74 Å². The first kappa shape index (κ1) is 19.1. The molecule has 0 radical (unpaired) electrons. The molecule has 0 saturated heterocycles. The highest BCUT2D eigenvalue weighted by Gasteiger charge is 2.38. The molecule has 0 amide bonds. The molecule has 0 aromatic heterocycles. The van der Waals surface area contributed by atoms with Crippen molar-refractivity contribution in [3.05, 3.63) is 71.3 Å².